The van der Waals surface area contributed by atoms with Crippen LogP contribution in [0, 0.1) is 35.0 Å². The molecule has 1 aromatic rings. The number of halogens is 5. The molecule has 1 fully saturated rings. The Morgan fingerprint density at radius 3 is 1.76 bits per heavy atom. The first kappa shape index (κ1) is 15.2. The summed E-state index contributed by atoms with van der Waals surface area (Å²) >= 11 is 0. The minimum atomic E-state index is -2.39. The van der Waals surface area contributed by atoms with Crippen LogP contribution in [0.3, 0.4) is 0 Å². The van der Waals surface area contributed by atoms with Crippen LogP contribution in [0.5, 0.6) is 0 Å². The van der Waals surface area contributed by atoms with Crippen LogP contribution in [-0.4, -0.2) is 23.0 Å². The van der Waals surface area contributed by atoms with Gasteiger partial charge < -0.3 is 10.4 Å². The summed E-state index contributed by atoms with van der Waals surface area (Å²) in [6, 6.07) is -1.44. The molecule has 2 rings (SSSR count). The van der Waals surface area contributed by atoms with Crippen molar-refractivity contribution < 1.29 is 36.6 Å². The topological polar surface area (TPSA) is 66.4 Å². The Kier molecular flexibility index (Phi) is 3.84. The van der Waals surface area contributed by atoms with Crippen molar-refractivity contribution in [2.45, 2.75) is 18.9 Å². The molecule has 21 heavy (non-hydrogen) atoms. The second kappa shape index (κ2) is 5.30. The zero-order chi connectivity index (χ0) is 15.9. The number of carbonyl (C=O) groups excluding carboxylic acids is 1. The molecule has 0 heterocycles. The van der Waals surface area contributed by atoms with Gasteiger partial charge in [-0.05, 0) is 18.8 Å². The van der Waals surface area contributed by atoms with Gasteiger partial charge in [0.2, 0.25) is 5.82 Å². The average Bonchev–Trinajstić information content (AvgIpc) is 3.24. The average molecular weight is 309 g/mol. The molecule has 0 aromatic heterocycles. The van der Waals surface area contributed by atoms with E-state index in [9.17, 15) is 31.5 Å². The summed E-state index contributed by atoms with van der Waals surface area (Å²) < 4.78 is 65.6. The number of carboxylic acids is 1. The molecule has 2 N–H and O–H groups in total. The van der Waals surface area contributed by atoms with E-state index in [2.05, 4.69) is 0 Å². The molecule has 1 aromatic carbocycles. The molecule has 1 amide bonds. The quantitative estimate of drug-likeness (QED) is 0.508. The molecule has 1 saturated carbocycles. The maximum atomic E-state index is 13.4. The minimum Gasteiger partial charge on any atom is -0.480 e. The number of aliphatic carboxylic acids is 1. The normalized spacial score (nSPS) is 15.7. The molecule has 0 saturated heterocycles. The lowest BCUT2D eigenvalue weighted by Crippen LogP contribution is -2.43. The van der Waals surface area contributed by atoms with Crippen LogP contribution in [0.15, 0.2) is 0 Å². The second-order valence-corrected chi connectivity index (χ2v) is 4.57. The largest absolute Gasteiger partial charge is 0.480 e. The van der Waals surface area contributed by atoms with Gasteiger partial charge in [-0.1, -0.05) is 0 Å². The number of benzene rings is 1. The Morgan fingerprint density at radius 2 is 1.38 bits per heavy atom. The van der Waals surface area contributed by atoms with Crippen molar-refractivity contribution in [3.05, 3.63) is 34.6 Å². The van der Waals surface area contributed by atoms with E-state index < -0.39 is 58.5 Å². The number of amides is 1. The molecule has 4 nitrogen and oxygen atoms in total. The van der Waals surface area contributed by atoms with Gasteiger partial charge in [-0.2, -0.15) is 0 Å². The standard InChI is InChI=1S/C12H8F5NO3/c13-5-4(6(14)8(16)9(17)7(5)15)11(19)18-10(12(20)21)3-1-2-3/h3,10H,1-2H2,(H,18,19)(H,20,21). The van der Waals surface area contributed by atoms with Crippen LogP contribution in [-0.2, 0) is 4.79 Å². The highest BCUT2D eigenvalue weighted by Crippen LogP contribution is 2.33. The van der Waals surface area contributed by atoms with E-state index in [-0.39, 0.29) is 0 Å². The van der Waals surface area contributed by atoms with E-state index in [1.165, 1.54) is 0 Å². The van der Waals surface area contributed by atoms with E-state index in [0.717, 1.165) is 0 Å². The molecular formula is C12H8F5NO3. The van der Waals surface area contributed by atoms with Crippen molar-refractivity contribution in [3.63, 3.8) is 0 Å². The van der Waals surface area contributed by atoms with Crippen molar-refractivity contribution in [1.82, 2.24) is 5.32 Å². The van der Waals surface area contributed by atoms with Gasteiger partial charge in [0.25, 0.3) is 5.91 Å². The molecular weight excluding hydrogens is 301 g/mol. The summed E-state index contributed by atoms with van der Waals surface area (Å²) in [5.41, 5.74) is -1.70. The number of carboxylic acid groups (broad SMARTS) is 1. The Morgan fingerprint density at radius 1 is 0.952 bits per heavy atom. The summed E-state index contributed by atoms with van der Waals surface area (Å²) in [5.74, 6) is -15.1. The van der Waals surface area contributed by atoms with Crippen molar-refractivity contribution in [2.24, 2.45) is 5.92 Å². The second-order valence-electron chi connectivity index (χ2n) is 4.57. The molecule has 114 valence electrons. The maximum absolute atomic E-state index is 13.4. The summed E-state index contributed by atoms with van der Waals surface area (Å²) in [6.07, 6.45) is 0.961. The zero-order valence-corrected chi connectivity index (χ0v) is 10.2. The highest BCUT2D eigenvalue weighted by Gasteiger charge is 2.39. The van der Waals surface area contributed by atoms with Crippen LogP contribution in [0.2, 0.25) is 0 Å². The first-order valence-corrected chi connectivity index (χ1v) is 5.80. The van der Waals surface area contributed by atoms with Gasteiger partial charge in [0, 0.05) is 0 Å². The van der Waals surface area contributed by atoms with Gasteiger partial charge in [0.15, 0.2) is 23.3 Å². The molecule has 1 aliphatic carbocycles. The summed E-state index contributed by atoms with van der Waals surface area (Å²) in [5, 5.41) is 10.6. The molecule has 0 bridgehead atoms. The minimum absolute atomic E-state index is 0.423. The Labute approximate surface area is 114 Å². The van der Waals surface area contributed by atoms with Crippen LogP contribution >= 0.6 is 0 Å². The highest BCUT2D eigenvalue weighted by molar-refractivity contribution is 5.97. The lowest BCUT2D eigenvalue weighted by Gasteiger charge is -2.14. The van der Waals surface area contributed by atoms with Gasteiger partial charge in [0.1, 0.15) is 11.6 Å². The Bertz CT molecular complexity index is 601. The predicted molar refractivity (Wildman–Crippen MR) is 57.8 cm³/mol. The van der Waals surface area contributed by atoms with Gasteiger partial charge in [-0.25, -0.2) is 26.7 Å². The summed E-state index contributed by atoms with van der Waals surface area (Å²) in [6.45, 7) is 0. The maximum Gasteiger partial charge on any atom is 0.326 e. The molecule has 9 heteroatoms. The Hall–Kier alpha value is -2.19. The van der Waals surface area contributed by atoms with Crippen molar-refractivity contribution in [2.75, 3.05) is 0 Å². The summed E-state index contributed by atoms with van der Waals surface area (Å²) in [7, 11) is 0. The summed E-state index contributed by atoms with van der Waals surface area (Å²) in [4.78, 5) is 22.5. The van der Waals surface area contributed by atoms with Crippen LogP contribution < -0.4 is 5.32 Å². The molecule has 1 aliphatic rings. The molecule has 0 aliphatic heterocycles. The lowest BCUT2D eigenvalue weighted by atomic mass is 10.1. The van der Waals surface area contributed by atoms with Crippen LogP contribution in [0.25, 0.3) is 0 Å². The fraction of sp³-hybridized carbons (Fsp3) is 0.333. The van der Waals surface area contributed by atoms with Crippen LogP contribution in [0.4, 0.5) is 22.0 Å². The van der Waals surface area contributed by atoms with Gasteiger partial charge in [-0.15, -0.1) is 0 Å². The molecule has 1 atom stereocenters. The monoisotopic (exact) mass is 309 g/mol. The van der Waals surface area contributed by atoms with Crippen molar-refractivity contribution >= 4 is 11.9 Å². The van der Waals surface area contributed by atoms with E-state index in [1.807, 2.05) is 0 Å². The van der Waals surface area contributed by atoms with Gasteiger partial charge in [0.05, 0.1) is 0 Å². The number of rotatable bonds is 4. The van der Waals surface area contributed by atoms with E-state index in [1.54, 1.807) is 5.32 Å². The predicted octanol–water partition coefficient (Wildman–Crippen LogP) is 1.98. The van der Waals surface area contributed by atoms with Gasteiger partial charge >= 0.3 is 5.97 Å². The third-order valence-corrected chi connectivity index (χ3v) is 3.08. The number of hydrogen-bond donors (Lipinski definition) is 2. The molecule has 0 spiro atoms. The zero-order valence-electron chi connectivity index (χ0n) is 10.2. The fourth-order valence-corrected chi connectivity index (χ4v) is 1.83. The molecule has 1 unspecified atom stereocenters. The van der Waals surface area contributed by atoms with E-state index >= 15 is 0 Å². The third-order valence-electron chi connectivity index (χ3n) is 3.08. The third kappa shape index (κ3) is 2.67. The fourth-order valence-electron chi connectivity index (χ4n) is 1.83. The van der Waals surface area contributed by atoms with E-state index in [4.69, 9.17) is 5.11 Å². The van der Waals surface area contributed by atoms with Gasteiger partial charge in [-0.3, -0.25) is 4.79 Å². The van der Waals surface area contributed by atoms with Crippen molar-refractivity contribution in [3.8, 4) is 0 Å². The first-order valence-electron chi connectivity index (χ1n) is 5.80. The number of nitrogens with one attached hydrogen (secondary N) is 1. The van der Waals surface area contributed by atoms with Crippen LogP contribution in [0.1, 0.15) is 23.2 Å². The Balaban J connectivity index is 2.37. The SMILES string of the molecule is O=C(NC(C(=O)O)C1CC1)c1c(F)c(F)c(F)c(F)c1F. The molecule has 0 radical (unpaired) electrons. The first-order chi connectivity index (χ1) is 9.75. The van der Waals surface area contributed by atoms with E-state index in [0.29, 0.717) is 12.8 Å². The van der Waals surface area contributed by atoms with Crippen molar-refractivity contribution in [1.29, 1.82) is 0 Å². The highest BCUT2D eigenvalue weighted by atomic mass is 19.2. The number of carbonyl (C=O) groups is 2. The smallest absolute Gasteiger partial charge is 0.326 e. The lowest BCUT2D eigenvalue weighted by molar-refractivity contribution is -0.139. The number of hydrogen-bond acceptors (Lipinski definition) is 2.